The molecule has 18 heavy (non-hydrogen) atoms. The van der Waals surface area contributed by atoms with Gasteiger partial charge in [0.1, 0.15) is 0 Å². The molecule has 0 aliphatic carbocycles. The minimum atomic E-state index is -0.0536. The number of amides is 1. The van der Waals surface area contributed by atoms with E-state index >= 15 is 0 Å². The Bertz CT molecular complexity index is 365. The first-order valence-electron chi connectivity index (χ1n) is 5.84. The number of likely N-dealkylation sites (N-methyl/N-ethyl adjacent to an activating group) is 1. The van der Waals surface area contributed by atoms with Crippen LogP contribution in [0.4, 0.5) is 5.69 Å². The molecule has 0 bridgehead atoms. The van der Waals surface area contributed by atoms with E-state index in [1.54, 1.807) is 24.3 Å². The van der Waals surface area contributed by atoms with E-state index in [0.717, 1.165) is 6.54 Å². The van der Waals surface area contributed by atoms with Gasteiger partial charge in [-0.1, -0.05) is 0 Å². The van der Waals surface area contributed by atoms with Crippen molar-refractivity contribution in [1.82, 2.24) is 10.2 Å². The maximum absolute atomic E-state index is 11.7. The lowest BCUT2D eigenvalue weighted by Crippen LogP contribution is -2.36. The monoisotopic (exact) mass is 271 g/mol. The lowest BCUT2D eigenvalue weighted by atomic mass is 10.2. The molecular formula is C13H22ClN3O. The van der Waals surface area contributed by atoms with Gasteiger partial charge in [-0.2, -0.15) is 0 Å². The Morgan fingerprint density at radius 3 is 2.39 bits per heavy atom. The van der Waals surface area contributed by atoms with Gasteiger partial charge in [0.25, 0.3) is 5.91 Å². The number of rotatable bonds is 5. The number of halogens is 1. The number of nitrogen functional groups attached to an aromatic ring is 1. The van der Waals surface area contributed by atoms with Gasteiger partial charge in [-0.3, -0.25) is 4.79 Å². The second-order valence-electron chi connectivity index (χ2n) is 4.45. The van der Waals surface area contributed by atoms with E-state index in [4.69, 9.17) is 5.73 Å². The summed E-state index contributed by atoms with van der Waals surface area (Å²) in [5.41, 5.74) is 6.87. The van der Waals surface area contributed by atoms with Crippen molar-refractivity contribution in [2.24, 2.45) is 0 Å². The average Bonchev–Trinajstić information content (AvgIpc) is 2.29. The number of nitrogens with zero attached hydrogens (tertiary/aromatic N) is 1. The van der Waals surface area contributed by atoms with E-state index in [1.165, 1.54) is 0 Å². The summed E-state index contributed by atoms with van der Waals surface area (Å²) in [5.74, 6) is -0.0536. The van der Waals surface area contributed by atoms with E-state index in [9.17, 15) is 4.79 Å². The van der Waals surface area contributed by atoms with Gasteiger partial charge in [-0.25, -0.2) is 0 Å². The predicted molar refractivity (Wildman–Crippen MR) is 78.2 cm³/mol. The van der Waals surface area contributed by atoms with Gasteiger partial charge >= 0.3 is 0 Å². The summed E-state index contributed by atoms with van der Waals surface area (Å²) in [6.07, 6.45) is 0. The SMILES string of the molecule is CC(C)N(C)CCNC(=O)c1ccc(N)cc1.Cl. The van der Waals surface area contributed by atoms with Crippen LogP contribution in [0, 0.1) is 0 Å². The Labute approximate surface area is 115 Å². The van der Waals surface area contributed by atoms with Crippen molar-refractivity contribution in [1.29, 1.82) is 0 Å². The first-order valence-corrected chi connectivity index (χ1v) is 5.84. The largest absolute Gasteiger partial charge is 0.399 e. The molecule has 0 atom stereocenters. The van der Waals surface area contributed by atoms with Crippen molar-refractivity contribution in [3.05, 3.63) is 29.8 Å². The zero-order valence-electron chi connectivity index (χ0n) is 11.1. The lowest BCUT2D eigenvalue weighted by Gasteiger charge is -2.20. The van der Waals surface area contributed by atoms with E-state index < -0.39 is 0 Å². The fourth-order valence-electron chi connectivity index (χ4n) is 1.34. The summed E-state index contributed by atoms with van der Waals surface area (Å²) >= 11 is 0. The third kappa shape index (κ3) is 5.38. The molecule has 4 nitrogen and oxygen atoms in total. The summed E-state index contributed by atoms with van der Waals surface area (Å²) in [6, 6.07) is 7.42. The highest BCUT2D eigenvalue weighted by Crippen LogP contribution is 2.04. The van der Waals surface area contributed by atoms with Crippen molar-refractivity contribution in [3.8, 4) is 0 Å². The number of carbonyl (C=O) groups excluding carboxylic acids is 1. The molecule has 0 aliphatic rings. The fraction of sp³-hybridized carbons (Fsp3) is 0.462. The summed E-state index contributed by atoms with van der Waals surface area (Å²) in [4.78, 5) is 13.9. The number of nitrogens with one attached hydrogen (secondary N) is 1. The molecule has 0 unspecified atom stereocenters. The van der Waals surface area contributed by atoms with Crippen molar-refractivity contribution in [2.75, 3.05) is 25.9 Å². The van der Waals surface area contributed by atoms with Crippen LogP contribution in [0.15, 0.2) is 24.3 Å². The molecule has 102 valence electrons. The van der Waals surface area contributed by atoms with Gasteiger partial charge in [0.05, 0.1) is 0 Å². The maximum Gasteiger partial charge on any atom is 0.251 e. The van der Waals surface area contributed by atoms with E-state index in [2.05, 4.69) is 24.1 Å². The Morgan fingerprint density at radius 2 is 1.89 bits per heavy atom. The highest BCUT2D eigenvalue weighted by molar-refractivity contribution is 5.94. The smallest absolute Gasteiger partial charge is 0.251 e. The first-order chi connectivity index (χ1) is 8.00. The molecule has 3 N–H and O–H groups in total. The van der Waals surface area contributed by atoms with Gasteiger partial charge < -0.3 is 16.0 Å². The molecule has 5 heteroatoms. The van der Waals surface area contributed by atoms with Crippen LogP contribution in [0.5, 0.6) is 0 Å². The highest BCUT2D eigenvalue weighted by Gasteiger charge is 2.06. The van der Waals surface area contributed by atoms with Crippen LogP contribution in [0.3, 0.4) is 0 Å². The number of anilines is 1. The summed E-state index contributed by atoms with van der Waals surface area (Å²) in [7, 11) is 2.04. The second-order valence-corrected chi connectivity index (χ2v) is 4.45. The minimum absolute atomic E-state index is 0. The Kier molecular flexibility index (Phi) is 7.39. The van der Waals surface area contributed by atoms with Gasteiger partial charge in [0.15, 0.2) is 0 Å². The van der Waals surface area contributed by atoms with Crippen molar-refractivity contribution in [3.63, 3.8) is 0 Å². The van der Waals surface area contributed by atoms with Crippen LogP contribution in [0.25, 0.3) is 0 Å². The van der Waals surface area contributed by atoms with Crippen molar-refractivity contribution in [2.45, 2.75) is 19.9 Å². The topological polar surface area (TPSA) is 58.4 Å². The highest BCUT2D eigenvalue weighted by atomic mass is 35.5. The molecule has 0 spiro atoms. The fourth-order valence-corrected chi connectivity index (χ4v) is 1.34. The lowest BCUT2D eigenvalue weighted by molar-refractivity contribution is 0.0948. The molecule has 0 saturated carbocycles. The molecule has 0 fully saturated rings. The Balaban J connectivity index is 0.00000289. The van der Waals surface area contributed by atoms with Gasteiger partial charge in [0.2, 0.25) is 0 Å². The second kappa shape index (κ2) is 7.95. The third-order valence-corrected chi connectivity index (χ3v) is 2.80. The molecule has 1 rings (SSSR count). The molecule has 0 aromatic heterocycles. The third-order valence-electron chi connectivity index (χ3n) is 2.80. The first kappa shape index (κ1) is 16.7. The molecule has 1 aromatic rings. The quantitative estimate of drug-likeness (QED) is 0.803. The van der Waals surface area contributed by atoms with Crippen LogP contribution in [0.1, 0.15) is 24.2 Å². The average molecular weight is 272 g/mol. The van der Waals surface area contributed by atoms with Crippen LogP contribution in [-0.4, -0.2) is 37.0 Å². The maximum atomic E-state index is 11.7. The Morgan fingerprint density at radius 1 is 1.33 bits per heavy atom. The van der Waals surface area contributed by atoms with Crippen LogP contribution in [-0.2, 0) is 0 Å². The van der Waals surface area contributed by atoms with Gasteiger partial charge in [-0.05, 0) is 45.2 Å². The van der Waals surface area contributed by atoms with Crippen molar-refractivity contribution < 1.29 is 4.79 Å². The number of nitrogens with two attached hydrogens (primary N) is 1. The predicted octanol–water partition coefficient (Wildman–Crippen LogP) is 1.76. The normalized spacial score (nSPS) is 10.3. The zero-order valence-corrected chi connectivity index (χ0v) is 12.0. The number of hydrogen-bond acceptors (Lipinski definition) is 3. The van der Waals surface area contributed by atoms with Crippen LogP contribution in [0.2, 0.25) is 0 Å². The van der Waals surface area contributed by atoms with E-state index in [0.29, 0.717) is 23.8 Å². The summed E-state index contributed by atoms with van der Waals surface area (Å²) < 4.78 is 0. The number of benzene rings is 1. The molecule has 1 amide bonds. The molecule has 0 saturated heterocycles. The molecule has 0 radical (unpaired) electrons. The standard InChI is InChI=1S/C13H21N3O.ClH/c1-10(2)16(3)9-8-15-13(17)11-4-6-12(14)7-5-11;/h4-7,10H,8-9,14H2,1-3H3,(H,15,17);1H. The number of carbonyl (C=O) groups is 1. The molecule has 1 aromatic carbocycles. The molecular weight excluding hydrogens is 250 g/mol. The van der Waals surface area contributed by atoms with Crippen LogP contribution >= 0.6 is 12.4 Å². The minimum Gasteiger partial charge on any atom is -0.399 e. The summed E-state index contributed by atoms with van der Waals surface area (Å²) in [6.45, 7) is 5.75. The zero-order chi connectivity index (χ0) is 12.8. The Hall–Kier alpha value is -1.26. The van der Waals surface area contributed by atoms with Gasteiger partial charge in [0, 0.05) is 30.4 Å². The van der Waals surface area contributed by atoms with Gasteiger partial charge in [-0.15, -0.1) is 12.4 Å². The molecule has 0 heterocycles. The van der Waals surface area contributed by atoms with Crippen molar-refractivity contribution >= 4 is 24.0 Å². The number of hydrogen-bond donors (Lipinski definition) is 2. The molecule has 0 aliphatic heterocycles. The van der Waals surface area contributed by atoms with E-state index in [1.807, 2.05) is 7.05 Å². The summed E-state index contributed by atoms with van der Waals surface area (Å²) in [5, 5.41) is 2.88. The van der Waals surface area contributed by atoms with E-state index in [-0.39, 0.29) is 18.3 Å². The van der Waals surface area contributed by atoms with Crippen LogP contribution < -0.4 is 11.1 Å².